The number of carbonyl (C=O) groups excluding carboxylic acids is 1. The first-order valence-corrected chi connectivity index (χ1v) is 4.96. The van der Waals surface area contributed by atoms with Crippen LogP contribution in [0.15, 0.2) is 18.2 Å². The summed E-state index contributed by atoms with van der Waals surface area (Å²) < 4.78 is 0. The number of anilines is 1. The molecule has 0 saturated heterocycles. The summed E-state index contributed by atoms with van der Waals surface area (Å²) in [6, 6.07) is 5.08. The van der Waals surface area contributed by atoms with Crippen LogP contribution in [0, 0.1) is 6.92 Å². The van der Waals surface area contributed by atoms with Gasteiger partial charge in [0.25, 0.3) is 0 Å². The number of aliphatic carboxylic acids is 1. The number of hydrogen-bond donors (Lipinski definition) is 2. The normalized spacial score (nSPS) is 10.5. The molecule has 17 heavy (non-hydrogen) atoms. The summed E-state index contributed by atoms with van der Waals surface area (Å²) in [4.78, 5) is 30.2. The molecule has 1 aromatic carbocycles. The molecular formula is C11H11N3O3. The Morgan fingerprint density at radius 3 is 2.76 bits per heavy atom. The number of H-pyrrole nitrogens is 1. The van der Waals surface area contributed by atoms with Crippen molar-refractivity contribution in [2.24, 2.45) is 0 Å². The number of likely N-dealkylation sites (N-methyl/N-ethyl adjacent to an activating group) is 1. The van der Waals surface area contributed by atoms with E-state index >= 15 is 0 Å². The second-order valence-electron chi connectivity index (χ2n) is 3.69. The van der Waals surface area contributed by atoms with Gasteiger partial charge < -0.3 is 15.0 Å². The van der Waals surface area contributed by atoms with E-state index in [2.05, 4.69) is 9.97 Å². The standard InChI is InChI=1S/C11H11N3O3/c1-6-12-8-4-3-7(5-9(8)13-6)14(2)10(15)11(16)17/h3-5H,1-2H3,(H,12,13)(H,16,17). The first kappa shape index (κ1) is 11.1. The van der Waals surface area contributed by atoms with Gasteiger partial charge in [-0.05, 0) is 25.1 Å². The molecule has 6 heteroatoms. The van der Waals surface area contributed by atoms with Gasteiger partial charge in [-0.25, -0.2) is 9.78 Å². The van der Waals surface area contributed by atoms with E-state index in [0.717, 1.165) is 21.8 Å². The third kappa shape index (κ3) is 1.96. The predicted octanol–water partition coefficient (Wildman–Crippen LogP) is 0.919. The van der Waals surface area contributed by atoms with Gasteiger partial charge in [-0.3, -0.25) is 4.79 Å². The lowest BCUT2D eigenvalue weighted by atomic mass is 10.2. The van der Waals surface area contributed by atoms with E-state index in [0.29, 0.717) is 5.69 Å². The smallest absolute Gasteiger partial charge is 0.394 e. The van der Waals surface area contributed by atoms with Crippen LogP contribution in [0.1, 0.15) is 5.82 Å². The van der Waals surface area contributed by atoms with Gasteiger partial charge in [-0.2, -0.15) is 0 Å². The Morgan fingerprint density at radius 2 is 2.12 bits per heavy atom. The maximum atomic E-state index is 11.3. The van der Waals surface area contributed by atoms with Crippen molar-refractivity contribution in [1.29, 1.82) is 0 Å². The third-order valence-corrected chi connectivity index (χ3v) is 2.46. The number of aryl methyl sites for hydroxylation is 1. The Balaban J connectivity index is 2.42. The fraction of sp³-hybridized carbons (Fsp3) is 0.182. The summed E-state index contributed by atoms with van der Waals surface area (Å²) >= 11 is 0. The molecule has 1 heterocycles. The zero-order valence-electron chi connectivity index (χ0n) is 9.39. The third-order valence-electron chi connectivity index (χ3n) is 2.46. The molecule has 0 aliphatic rings. The van der Waals surface area contributed by atoms with Crippen molar-refractivity contribution < 1.29 is 14.7 Å². The molecule has 0 atom stereocenters. The highest BCUT2D eigenvalue weighted by Gasteiger charge is 2.18. The summed E-state index contributed by atoms with van der Waals surface area (Å²) in [5.41, 5.74) is 2.06. The molecule has 1 amide bonds. The summed E-state index contributed by atoms with van der Waals surface area (Å²) in [6.07, 6.45) is 0. The number of nitrogens with one attached hydrogen (secondary N) is 1. The molecule has 0 aliphatic heterocycles. The van der Waals surface area contributed by atoms with Gasteiger partial charge in [0.1, 0.15) is 5.82 Å². The van der Waals surface area contributed by atoms with Crippen molar-refractivity contribution in [2.75, 3.05) is 11.9 Å². The van der Waals surface area contributed by atoms with E-state index in [-0.39, 0.29) is 0 Å². The predicted molar refractivity (Wildman–Crippen MR) is 61.9 cm³/mol. The number of fused-ring (bicyclic) bond motifs is 1. The number of benzene rings is 1. The largest absolute Gasteiger partial charge is 0.474 e. The number of hydrogen-bond acceptors (Lipinski definition) is 3. The van der Waals surface area contributed by atoms with E-state index in [9.17, 15) is 9.59 Å². The zero-order chi connectivity index (χ0) is 12.6. The van der Waals surface area contributed by atoms with E-state index < -0.39 is 11.9 Å². The second-order valence-corrected chi connectivity index (χ2v) is 3.69. The van der Waals surface area contributed by atoms with Gasteiger partial charge in [0.15, 0.2) is 0 Å². The lowest BCUT2D eigenvalue weighted by Crippen LogP contribution is -2.32. The monoisotopic (exact) mass is 233 g/mol. The number of carboxylic acid groups (broad SMARTS) is 1. The highest BCUT2D eigenvalue weighted by Crippen LogP contribution is 2.19. The Hall–Kier alpha value is -2.37. The van der Waals surface area contributed by atoms with Crippen LogP contribution < -0.4 is 4.90 Å². The minimum atomic E-state index is -1.48. The van der Waals surface area contributed by atoms with E-state index in [1.165, 1.54) is 7.05 Å². The minimum Gasteiger partial charge on any atom is -0.474 e. The number of imidazole rings is 1. The van der Waals surface area contributed by atoms with Crippen molar-refractivity contribution in [3.05, 3.63) is 24.0 Å². The van der Waals surface area contributed by atoms with Gasteiger partial charge in [0.05, 0.1) is 11.0 Å². The molecule has 0 aliphatic carbocycles. The van der Waals surface area contributed by atoms with Gasteiger partial charge in [-0.15, -0.1) is 0 Å². The Labute approximate surface area is 96.9 Å². The molecule has 0 spiro atoms. The van der Waals surface area contributed by atoms with Crippen LogP contribution in [0.3, 0.4) is 0 Å². The molecule has 2 aromatic rings. The van der Waals surface area contributed by atoms with Crippen molar-refractivity contribution in [3.8, 4) is 0 Å². The summed E-state index contributed by atoms with van der Waals surface area (Å²) in [6.45, 7) is 1.83. The molecule has 2 rings (SSSR count). The van der Waals surface area contributed by atoms with E-state index in [1.807, 2.05) is 6.92 Å². The van der Waals surface area contributed by atoms with Gasteiger partial charge in [-0.1, -0.05) is 0 Å². The van der Waals surface area contributed by atoms with Crippen LogP contribution in [-0.2, 0) is 9.59 Å². The van der Waals surface area contributed by atoms with Crippen LogP contribution in [0.5, 0.6) is 0 Å². The number of aromatic amines is 1. The quantitative estimate of drug-likeness (QED) is 0.717. The Bertz CT molecular complexity index is 603. The molecule has 2 N–H and O–H groups in total. The zero-order valence-corrected chi connectivity index (χ0v) is 9.39. The van der Waals surface area contributed by atoms with Crippen LogP contribution in [0.25, 0.3) is 11.0 Å². The number of nitrogens with zero attached hydrogens (tertiary/aromatic N) is 2. The summed E-state index contributed by atoms with van der Waals surface area (Å²) in [5.74, 6) is -1.68. The minimum absolute atomic E-state index is 0.508. The van der Waals surface area contributed by atoms with Crippen molar-refractivity contribution >= 4 is 28.6 Å². The highest BCUT2D eigenvalue weighted by molar-refractivity contribution is 6.37. The molecule has 0 radical (unpaired) electrons. The lowest BCUT2D eigenvalue weighted by Gasteiger charge is -2.14. The molecule has 0 fully saturated rings. The van der Waals surface area contributed by atoms with Crippen molar-refractivity contribution in [3.63, 3.8) is 0 Å². The average molecular weight is 233 g/mol. The fourth-order valence-electron chi connectivity index (χ4n) is 1.59. The number of aromatic nitrogens is 2. The fourth-order valence-corrected chi connectivity index (χ4v) is 1.59. The van der Waals surface area contributed by atoms with Crippen LogP contribution >= 0.6 is 0 Å². The van der Waals surface area contributed by atoms with Gasteiger partial charge in [0, 0.05) is 12.7 Å². The van der Waals surface area contributed by atoms with Gasteiger partial charge in [0.2, 0.25) is 0 Å². The summed E-state index contributed by atoms with van der Waals surface area (Å²) in [7, 11) is 1.42. The lowest BCUT2D eigenvalue weighted by molar-refractivity contribution is -0.148. The van der Waals surface area contributed by atoms with E-state index in [4.69, 9.17) is 5.11 Å². The summed E-state index contributed by atoms with van der Waals surface area (Å²) in [5, 5.41) is 8.62. The van der Waals surface area contributed by atoms with Crippen LogP contribution in [0.2, 0.25) is 0 Å². The SMILES string of the molecule is Cc1nc2ccc(N(C)C(=O)C(=O)O)cc2[nH]1. The number of carboxylic acids is 1. The Morgan fingerprint density at radius 1 is 1.41 bits per heavy atom. The number of carbonyl (C=O) groups is 2. The van der Waals surface area contributed by atoms with Gasteiger partial charge >= 0.3 is 11.9 Å². The van der Waals surface area contributed by atoms with Crippen LogP contribution in [-0.4, -0.2) is 34.0 Å². The van der Waals surface area contributed by atoms with Crippen molar-refractivity contribution in [2.45, 2.75) is 6.92 Å². The van der Waals surface area contributed by atoms with E-state index in [1.54, 1.807) is 18.2 Å². The first-order chi connectivity index (χ1) is 7.99. The number of rotatable bonds is 1. The Kier molecular flexibility index (Phi) is 2.55. The highest BCUT2D eigenvalue weighted by atomic mass is 16.4. The maximum Gasteiger partial charge on any atom is 0.394 e. The first-order valence-electron chi connectivity index (χ1n) is 4.96. The molecule has 6 nitrogen and oxygen atoms in total. The maximum absolute atomic E-state index is 11.3. The molecule has 0 bridgehead atoms. The second kappa shape index (κ2) is 3.89. The molecule has 0 unspecified atom stereocenters. The molecule has 88 valence electrons. The topological polar surface area (TPSA) is 86.3 Å². The molecule has 0 saturated carbocycles. The number of amides is 1. The van der Waals surface area contributed by atoms with Crippen LogP contribution in [0.4, 0.5) is 5.69 Å². The van der Waals surface area contributed by atoms with Crippen molar-refractivity contribution in [1.82, 2.24) is 9.97 Å². The average Bonchev–Trinajstić information content (AvgIpc) is 2.65. The molecular weight excluding hydrogens is 222 g/mol. The molecule has 1 aromatic heterocycles.